The highest BCUT2D eigenvalue weighted by Gasteiger charge is 2.30. The van der Waals surface area contributed by atoms with Crippen LogP contribution in [0.5, 0.6) is 0 Å². The molecule has 152 valence electrons. The molecule has 3 aromatic rings. The molecule has 4 rings (SSSR count). The van der Waals surface area contributed by atoms with Crippen molar-refractivity contribution in [3.8, 4) is 0 Å². The zero-order valence-corrected chi connectivity index (χ0v) is 17.1. The number of amides is 1. The first-order valence-corrected chi connectivity index (χ1v) is 10.7. The Morgan fingerprint density at radius 1 is 1.21 bits per heavy atom. The fourth-order valence-electron chi connectivity index (χ4n) is 3.88. The molecule has 5 nitrogen and oxygen atoms in total. The van der Waals surface area contributed by atoms with Gasteiger partial charge in [0.05, 0.1) is 22.7 Å². The number of nitrogens with zero attached hydrogens (tertiary/aromatic N) is 2. The Morgan fingerprint density at radius 3 is 2.72 bits per heavy atom. The molecule has 0 bridgehead atoms. The van der Waals surface area contributed by atoms with Gasteiger partial charge in [-0.1, -0.05) is 12.1 Å². The number of rotatable bonds is 5. The predicted octanol–water partition coefficient (Wildman–Crippen LogP) is 4.31. The van der Waals surface area contributed by atoms with Crippen LogP contribution < -0.4 is 0 Å². The van der Waals surface area contributed by atoms with Crippen molar-refractivity contribution in [1.29, 1.82) is 0 Å². The molecule has 1 aliphatic rings. The fraction of sp³-hybridized carbons (Fsp3) is 0.364. The highest BCUT2D eigenvalue weighted by molar-refractivity contribution is 7.17. The Labute approximate surface area is 172 Å². The minimum atomic E-state index is -0.287. The van der Waals surface area contributed by atoms with Gasteiger partial charge in [-0.3, -0.25) is 9.59 Å². The van der Waals surface area contributed by atoms with Crippen LogP contribution in [0.3, 0.4) is 0 Å². The smallest absolute Gasteiger partial charge is 0.309 e. The van der Waals surface area contributed by atoms with Gasteiger partial charge in [0.15, 0.2) is 0 Å². The number of hydrogen-bond donors (Lipinski definition) is 0. The van der Waals surface area contributed by atoms with Gasteiger partial charge < -0.3 is 14.2 Å². The second kappa shape index (κ2) is 8.37. The van der Waals surface area contributed by atoms with E-state index in [2.05, 4.69) is 0 Å². The van der Waals surface area contributed by atoms with Gasteiger partial charge in [-0.05, 0) is 55.0 Å². The summed E-state index contributed by atoms with van der Waals surface area (Å²) in [5.74, 6) is -0.645. The first-order chi connectivity index (χ1) is 14.1. The maximum Gasteiger partial charge on any atom is 0.309 e. The first kappa shape index (κ1) is 19.6. The third kappa shape index (κ3) is 4.05. The minimum Gasteiger partial charge on any atom is -0.466 e. The van der Waals surface area contributed by atoms with E-state index in [1.54, 1.807) is 29.2 Å². The van der Waals surface area contributed by atoms with E-state index in [1.807, 2.05) is 28.1 Å². The third-order valence-electron chi connectivity index (χ3n) is 5.37. The van der Waals surface area contributed by atoms with Crippen molar-refractivity contribution in [1.82, 2.24) is 9.47 Å². The molecule has 0 aliphatic carbocycles. The fourth-order valence-corrected chi connectivity index (χ4v) is 4.71. The molecule has 0 radical (unpaired) electrons. The molecular formula is C22H23FN2O3S. The number of fused-ring (bicyclic) bond motifs is 1. The number of piperidine rings is 1. The van der Waals surface area contributed by atoms with Crippen LogP contribution in [0, 0.1) is 11.7 Å². The second-order valence-electron chi connectivity index (χ2n) is 7.23. The largest absolute Gasteiger partial charge is 0.466 e. The Morgan fingerprint density at radius 2 is 2.00 bits per heavy atom. The second-order valence-corrected chi connectivity index (χ2v) is 8.18. The summed E-state index contributed by atoms with van der Waals surface area (Å²) in [5.41, 5.74) is 2.39. The van der Waals surface area contributed by atoms with E-state index in [-0.39, 0.29) is 23.6 Å². The van der Waals surface area contributed by atoms with E-state index in [0.717, 1.165) is 15.8 Å². The monoisotopic (exact) mass is 414 g/mol. The van der Waals surface area contributed by atoms with Gasteiger partial charge in [0.25, 0.3) is 5.91 Å². The normalized spacial score (nSPS) is 15.0. The van der Waals surface area contributed by atoms with Gasteiger partial charge in [0, 0.05) is 19.6 Å². The topological polar surface area (TPSA) is 51.5 Å². The molecule has 0 atom stereocenters. The molecule has 29 heavy (non-hydrogen) atoms. The number of hydrogen-bond acceptors (Lipinski definition) is 4. The third-order valence-corrected chi connectivity index (χ3v) is 6.23. The Balaban J connectivity index is 1.55. The summed E-state index contributed by atoms with van der Waals surface area (Å²) in [6.07, 6.45) is 1.23. The van der Waals surface area contributed by atoms with Crippen LogP contribution in [0.4, 0.5) is 4.39 Å². The molecule has 1 fully saturated rings. The van der Waals surface area contributed by atoms with Crippen LogP contribution in [0.15, 0.2) is 41.8 Å². The molecule has 0 unspecified atom stereocenters. The quantitative estimate of drug-likeness (QED) is 0.585. The van der Waals surface area contributed by atoms with E-state index in [9.17, 15) is 14.0 Å². The summed E-state index contributed by atoms with van der Waals surface area (Å²) < 4.78 is 21.7. The van der Waals surface area contributed by atoms with Gasteiger partial charge in [0.1, 0.15) is 11.5 Å². The van der Waals surface area contributed by atoms with Gasteiger partial charge >= 0.3 is 5.97 Å². The summed E-state index contributed by atoms with van der Waals surface area (Å²) in [4.78, 5) is 27.0. The highest BCUT2D eigenvalue weighted by atomic mass is 32.1. The lowest BCUT2D eigenvalue weighted by Gasteiger charge is -2.31. The molecule has 1 aromatic carbocycles. The van der Waals surface area contributed by atoms with Crippen molar-refractivity contribution in [2.45, 2.75) is 26.3 Å². The van der Waals surface area contributed by atoms with Crippen molar-refractivity contribution < 1.29 is 18.7 Å². The number of esters is 1. The molecule has 1 aliphatic heterocycles. The summed E-state index contributed by atoms with van der Waals surface area (Å²) in [7, 11) is 0. The molecule has 7 heteroatoms. The molecule has 0 N–H and O–H groups in total. The zero-order valence-electron chi connectivity index (χ0n) is 16.3. The maximum absolute atomic E-state index is 13.6. The number of ether oxygens (including phenoxy) is 1. The number of carbonyl (C=O) groups is 2. The molecular weight excluding hydrogens is 391 g/mol. The lowest BCUT2D eigenvalue weighted by atomic mass is 9.97. The van der Waals surface area contributed by atoms with E-state index in [0.29, 0.717) is 44.8 Å². The van der Waals surface area contributed by atoms with E-state index >= 15 is 0 Å². The number of aromatic nitrogens is 1. The van der Waals surface area contributed by atoms with Crippen LogP contribution in [0.2, 0.25) is 0 Å². The summed E-state index contributed by atoms with van der Waals surface area (Å²) in [6, 6.07) is 10.4. The molecule has 0 spiro atoms. The number of thiophene rings is 1. The maximum atomic E-state index is 13.6. The molecule has 1 amide bonds. The number of likely N-dealkylation sites (tertiary alicyclic amines) is 1. The van der Waals surface area contributed by atoms with Crippen LogP contribution in [-0.2, 0) is 16.1 Å². The van der Waals surface area contributed by atoms with Gasteiger partial charge in [-0.2, -0.15) is 0 Å². The zero-order chi connectivity index (χ0) is 20.4. The van der Waals surface area contributed by atoms with Crippen LogP contribution in [-0.4, -0.2) is 41.0 Å². The summed E-state index contributed by atoms with van der Waals surface area (Å²) in [5, 5.41) is 1.99. The van der Waals surface area contributed by atoms with Crippen molar-refractivity contribution in [3.63, 3.8) is 0 Å². The Kier molecular flexibility index (Phi) is 5.67. The molecule has 2 aromatic heterocycles. The van der Waals surface area contributed by atoms with Crippen molar-refractivity contribution in [2.75, 3.05) is 19.7 Å². The average Bonchev–Trinajstić information content (AvgIpc) is 3.30. The van der Waals surface area contributed by atoms with E-state index in [1.165, 1.54) is 12.1 Å². The Hall–Kier alpha value is -2.67. The summed E-state index contributed by atoms with van der Waals surface area (Å²) in [6.45, 7) is 3.66. The van der Waals surface area contributed by atoms with Crippen molar-refractivity contribution in [2.24, 2.45) is 5.92 Å². The van der Waals surface area contributed by atoms with Gasteiger partial charge in [-0.15, -0.1) is 11.3 Å². The van der Waals surface area contributed by atoms with Gasteiger partial charge in [-0.25, -0.2) is 4.39 Å². The predicted molar refractivity (Wildman–Crippen MR) is 111 cm³/mol. The Bertz CT molecular complexity index is 1030. The molecule has 0 saturated carbocycles. The number of halogens is 1. The molecule has 1 saturated heterocycles. The lowest BCUT2D eigenvalue weighted by Crippen LogP contribution is -2.41. The van der Waals surface area contributed by atoms with Crippen LogP contribution in [0.25, 0.3) is 10.2 Å². The SMILES string of the molecule is CCOC(=O)C1CCN(C(=O)c2cc3sccc3n2Cc2cccc(F)c2)CC1. The average molecular weight is 415 g/mol. The highest BCUT2D eigenvalue weighted by Crippen LogP contribution is 2.28. The van der Waals surface area contributed by atoms with Crippen molar-refractivity contribution in [3.05, 3.63) is 58.9 Å². The van der Waals surface area contributed by atoms with E-state index < -0.39 is 0 Å². The number of benzene rings is 1. The lowest BCUT2D eigenvalue weighted by molar-refractivity contribution is -0.149. The minimum absolute atomic E-state index is 0.0490. The molecule has 3 heterocycles. The van der Waals surface area contributed by atoms with Crippen LogP contribution in [0.1, 0.15) is 35.8 Å². The van der Waals surface area contributed by atoms with E-state index in [4.69, 9.17) is 4.74 Å². The standard InChI is InChI=1S/C22H23FN2O3S/c1-2-28-22(27)16-6-9-24(10-7-16)21(26)19-13-20-18(8-11-29-20)25(19)14-15-4-3-5-17(23)12-15/h3-5,8,11-13,16H,2,6-7,9-10,14H2,1H3. The van der Waals surface area contributed by atoms with Crippen LogP contribution >= 0.6 is 11.3 Å². The number of carbonyl (C=O) groups excluding carboxylic acids is 2. The van der Waals surface area contributed by atoms with Gasteiger partial charge in [0.2, 0.25) is 0 Å². The van der Waals surface area contributed by atoms with Crippen molar-refractivity contribution >= 4 is 33.4 Å². The first-order valence-electron chi connectivity index (χ1n) is 9.84. The summed E-state index contributed by atoms with van der Waals surface area (Å²) >= 11 is 1.58.